The summed E-state index contributed by atoms with van der Waals surface area (Å²) < 4.78 is 5.72. The number of benzene rings is 1. The average molecular weight is 278 g/mol. The number of aliphatic hydroxyl groups excluding tert-OH is 2. The van der Waals surface area contributed by atoms with Crippen LogP contribution in [0.25, 0.3) is 0 Å². The van der Waals surface area contributed by atoms with Crippen molar-refractivity contribution in [2.75, 3.05) is 6.61 Å². The van der Waals surface area contributed by atoms with Crippen LogP contribution in [-0.4, -0.2) is 22.9 Å². The van der Waals surface area contributed by atoms with Gasteiger partial charge in [0.2, 0.25) is 0 Å². The van der Waals surface area contributed by atoms with Gasteiger partial charge in [-0.3, -0.25) is 0 Å². The first-order valence-electron chi connectivity index (χ1n) is 7.78. The monoisotopic (exact) mass is 278 g/mol. The Hall–Kier alpha value is -1.06. The molecule has 112 valence electrons. The second kappa shape index (κ2) is 7.65. The number of hydrogen-bond acceptors (Lipinski definition) is 3. The molecule has 0 saturated heterocycles. The molecule has 0 amide bonds. The number of hydrogen-bond donors (Lipinski definition) is 2. The van der Waals surface area contributed by atoms with E-state index in [1.54, 1.807) is 0 Å². The van der Waals surface area contributed by atoms with Crippen LogP contribution >= 0.6 is 0 Å². The second-order valence-electron chi connectivity index (χ2n) is 5.81. The molecule has 20 heavy (non-hydrogen) atoms. The van der Waals surface area contributed by atoms with Gasteiger partial charge < -0.3 is 14.9 Å². The standard InChI is InChI=1S/C17H26O3/c1-2-16(19)15-9-5-6-10-17(15)20-12-14(18)11-13-7-3-4-8-13/h5-6,9-10,13-14,16,18-19H,2-4,7-8,11-12H2,1H3/t14?,16-/m0/s1. The zero-order valence-corrected chi connectivity index (χ0v) is 12.3. The second-order valence-corrected chi connectivity index (χ2v) is 5.81. The molecule has 0 spiro atoms. The molecule has 1 saturated carbocycles. The van der Waals surface area contributed by atoms with E-state index in [2.05, 4.69) is 0 Å². The Balaban J connectivity index is 1.86. The fraction of sp³-hybridized carbons (Fsp3) is 0.647. The molecule has 2 N–H and O–H groups in total. The lowest BCUT2D eigenvalue weighted by atomic mass is 10.0. The molecule has 1 aliphatic rings. The van der Waals surface area contributed by atoms with Crippen LogP contribution in [0.4, 0.5) is 0 Å². The van der Waals surface area contributed by atoms with Crippen LogP contribution in [0.5, 0.6) is 5.75 Å². The van der Waals surface area contributed by atoms with E-state index in [0.29, 0.717) is 24.7 Å². The molecular formula is C17H26O3. The van der Waals surface area contributed by atoms with Gasteiger partial charge in [0.1, 0.15) is 12.4 Å². The molecule has 3 heteroatoms. The van der Waals surface area contributed by atoms with Gasteiger partial charge >= 0.3 is 0 Å². The van der Waals surface area contributed by atoms with Crippen LogP contribution in [0, 0.1) is 5.92 Å². The van der Waals surface area contributed by atoms with E-state index in [1.807, 2.05) is 31.2 Å². The van der Waals surface area contributed by atoms with Gasteiger partial charge in [-0.25, -0.2) is 0 Å². The van der Waals surface area contributed by atoms with Gasteiger partial charge in [0.05, 0.1) is 12.2 Å². The molecule has 1 aliphatic carbocycles. The summed E-state index contributed by atoms with van der Waals surface area (Å²) in [6, 6.07) is 7.53. The largest absolute Gasteiger partial charge is 0.491 e. The third-order valence-corrected chi connectivity index (χ3v) is 4.18. The van der Waals surface area contributed by atoms with Gasteiger partial charge in [0.25, 0.3) is 0 Å². The molecule has 0 aromatic heterocycles. The van der Waals surface area contributed by atoms with Crippen molar-refractivity contribution in [2.24, 2.45) is 5.92 Å². The van der Waals surface area contributed by atoms with Gasteiger partial charge in [-0.05, 0) is 24.8 Å². The van der Waals surface area contributed by atoms with Crippen molar-refractivity contribution in [2.45, 2.75) is 57.7 Å². The van der Waals surface area contributed by atoms with Gasteiger partial charge in [-0.2, -0.15) is 0 Å². The quantitative estimate of drug-likeness (QED) is 0.803. The Morgan fingerprint density at radius 3 is 2.60 bits per heavy atom. The van der Waals surface area contributed by atoms with Crippen molar-refractivity contribution in [3.8, 4) is 5.75 Å². The minimum absolute atomic E-state index is 0.309. The highest BCUT2D eigenvalue weighted by Gasteiger charge is 2.19. The van der Waals surface area contributed by atoms with E-state index < -0.39 is 12.2 Å². The third-order valence-electron chi connectivity index (χ3n) is 4.18. The Morgan fingerprint density at radius 2 is 1.90 bits per heavy atom. The molecule has 0 bridgehead atoms. The normalized spacial score (nSPS) is 18.9. The molecule has 2 rings (SSSR count). The van der Waals surface area contributed by atoms with E-state index in [9.17, 15) is 10.2 Å². The minimum atomic E-state index is -0.502. The topological polar surface area (TPSA) is 49.7 Å². The summed E-state index contributed by atoms with van der Waals surface area (Å²) in [5.41, 5.74) is 0.808. The van der Waals surface area contributed by atoms with Gasteiger partial charge in [-0.15, -0.1) is 0 Å². The van der Waals surface area contributed by atoms with E-state index in [-0.39, 0.29) is 0 Å². The van der Waals surface area contributed by atoms with E-state index in [0.717, 1.165) is 12.0 Å². The first kappa shape index (κ1) is 15.3. The zero-order chi connectivity index (χ0) is 14.4. The maximum Gasteiger partial charge on any atom is 0.125 e. The molecule has 0 aliphatic heterocycles. The molecule has 2 atom stereocenters. The lowest BCUT2D eigenvalue weighted by Gasteiger charge is -2.19. The predicted octanol–water partition coefficient (Wildman–Crippen LogP) is 3.45. The highest BCUT2D eigenvalue weighted by Crippen LogP contribution is 2.30. The smallest absolute Gasteiger partial charge is 0.125 e. The minimum Gasteiger partial charge on any atom is -0.491 e. The molecular weight excluding hydrogens is 252 g/mol. The predicted molar refractivity (Wildman–Crippen MR) is 79.8 cm³/mol. The van der Waals surface area contributed by atoms with Crippen molar-refractivity contribution in [1.29, 1.82) is 0 Å². The zero-order valence-electron chi connectivity index (χ0n) is 12.3. The lowest BCUT2D eigenvalue weighted by Crippen LogP contribution is -2.21. The van der Waals surface area contributed by atoms with Crippen LogP contribution in [0.2, 0.25) is 0 Å². The molecule has 0 heterocycles. The molecule has 1 unspecified atom stereocenters. The summed E-state index contributed by atoms with van der Waals surface area (Å²) in [5, 5.41) is 20.0. The van der Waals surface area contributed by atoms with Crippen molar-refractivity contribution in [3.63, 3.8) is 0 Å². The summed E-state index contributed by atoms with van der Waals surface area (Å²) in [4.78, 5) is 0. The van der Waals surface area contributed by atoms with Gasteiger partial charge in [-0.1, -0.05) is 50.8 Å². The van der Waals surface area contributed by atoms with Crippen LogP contribution < -0.4 is 4.74 Å². The molecule has 1 aromatic carbocycles. The fourth-order valence-electron chi connectivity index (χ4n) is 2.99. The number of ether oxygens (including phenoxy) is 1. The Bertz CT molecular complexity index is 399. The van der Waals surface area contributed by atoms with Crippen LogP contribution in [0.15, 0.2) is 24.3 Å². The lowest BCUT2D eigenvalue weighted by molar-refractivity contribution is 0.0826. The van der Waals surface area contributed by atoms with Crippen LogP contribution in [0.1, 0.15) is 57.1 Å². The molecule has 0 radical (unpaired) electrons. The summed E-state index contributed by atoms with van der Waals surface area (Å²) in [7, 11) is 0. The van der Waals surface area contributed by atoms with Gasteiger partial charge in [0.15, 0.2) is 0 Å². The van der Waals surface area contributed by atoms with E-state index >= 15 is 0 Å². The Labute approximate surface area is 121 Å². The molecule has 3 nitrogen and oxygen atoms in total. The highest BCUT2D eigenvalue weighted by molar-refractivity contribution is 5.35. The van der Waals surface area contributed by atoms with Gasteiger partial charge in [0, 0.05) is 5.56 Å². The highest BCUT2D eigenvalue weighted by atomic mass is 16.5. The first-order chi connectivity index (χ1) is 9.70. The average Bonchev–Trinajstić information content (AvgIpc) is 2.97. The Kier molecular flexibility index (Phi) is 5.86. The first-order valence-corrected chi connectivity index (χ1v) is 7.78. The molecule has 1 fully saturated rings. The Morgan fingerprint density at radius 1 is 1.20 bits per heavy atom. The van der Waals surface area contributed by atoms with Crippen molar-refractivity contribution >= 4 is 0 Å². The van der Waals surface area contributed by atoms with Crippen LogP contribution in [0.3, 0.4) is 0 Å². The van der Waals surface area contributed by atoms with Crippen molar-refractivity contribution in [3.05, 3.63) is 29.8 Å². The number of para-hydroxylation sites is 1. The fourth-order valence-corrected chi connectivity index (χ4v) is 2.99. The van der Waals surface area contributed by atoms with Crippen molar-refractivity contribution < 1.29 is 14.9 Å². The van der Waals surface area contributed by atoms with E-state index in [1.165, 1.54) is 25.7 Å². The molecule has 1 aromatic rings. The SMILES string of the molecule is CC[C@H](O)c1ccccc1OCC(O)CC1CCCC1. The summed E-state index contributed by atoms with van der Waals surface area (Å²) in [5.74, 6) is 1.34. The maximum absolute atomic E-state index is 10.1. The summed E-state index contributed by atoms with van der Waals surface area (Å²) in [6.45, 7) is 2.25. The third kappa shape index (κ3) is 4.22. The van der Waals surface area contributed by atoms with Crippen molar-refractivity contribution in [1.82, 2.24) is 0 Å². The number of aliphatic hydroxyl groups is 2. The number of rotatable bonds is 7. The maximum atomic E-state index is 10.1. The summed E-state index contributed by atoms with van der Waals surface area (Å²) >= 11 is 0. The van der Waals surface area contributed by atoms with Crippen LogP contribution in [-0.2, 0) is 0 Å². The van der Waals surface area contributed by atoms with E-state index in [4.69, 9.17) is 4.74 Å². The summed E-state index contributed by atoms with van der Waals surface area (Å²) in [6.07, 6.45) is 5.64.